The Labute approximate surface area is 84.8 Å². The van der Waals surface area contributed by atoms with Crippen LogP contribution in [0.15, 0.2) is 18.2 Å². The summed E-state index contributed by atoms with van der Waals surface area (Å²) in [5, 5.41) is 10.1. The summed E-state index contributed by atoms with van der Waals surface area (Å²) >= 11 is 0. The molecule has 2 aliphatic carbocycles. The van der Waals surface area contributed by atoms with Gasteiger partial charge in [0.25, 0.3) is 0 Å². The zero-order chi connectivity index (χ0) is 9.87. The van der Waals surface area contributed by atoms with E-state index in [1.807, 2.05) is 0 Å². The molecule has 14 heavy (non-hydrogen) atoms. The molecule has 0 spiro atoms. The predicted octanol–water partition coefficient (Wildman–Crippen LogP) is 2.96. The fraction of sp³-hybridized carbons (Fsp3) is 0.538. The normalized spacial score (nSPS) is 38.8. The van der Waals surface area contributed by atoms with Crippen LogP contribution < -0.4 is 0 Å². The van der Waals surface area contributed by atoms with Crippen molar-refractivity contribution in [2.24, 2.45) is 5.92 Å². The molecule has 0 aromatic heterocycles. The van der Waals surface area contributed by atoms with E-state index in [1.54, 1.807) is 0 Å². The molecule has 1 nitrogen and oxygen atoms in total. The fourth-order valence-corrected chi connectivity index (χ4v) is 3.32. The summed E-state index contributed by atoms with van der Waals surface area (Å²) in [4.78, 5) is 0. The predicted molar refractivity (Wildman–Crippen MR) is 56.3 cm³/mol. The van der Waals surface area contributed by atoms with Gasteiger partial charge in [0, 0.05) is 0 Å². The van der Waals surface area contributed by atoms with E-state index in [1.165, 1.54) is 23.1 Å². The number of rotatable bonds is 0. The molecule has 1 aromatic rings. The van der Waals surface area contributed by atoms with Gasteiger partial charge in [0.2, 0.25) is 0 Å². The van der Waals surface area contributed by atoms with Gasteiger partial charge in [0.1, 0.15) is 0 Å². The second-order valence-corrected chi connectivity index (χ2v) is 4.90. The van der Waals surface area contributed by atoms with Crippen molar-refractivity contribution in [1.29, 1.82) is 0 Å². The van der Waals surface area contributed by atoms with Crippen LogP contribution in [0.1, 0.15) is 54.9 Å². The second kappa shape index (κ2) is 2.60. The molecule has 1 heteroatoms. The van der Waals surface area contributed by atoms with Crippen molar-refractivity contribution < 1.29 is 5.11 Å². The monoisotopic (exact) mass is 188 g/mol. The van der Waals surface area contributed by atoms with Crippen LogP contribution in [0, 0.1) is 5.92 Å². The third-order valence-electron chi connectivity index (χ3n) is 4.13. The van der Waals surface area contributed by atoms with Crippen LogP contribution in [-0.2, 0) is 0 Å². The van der Waals surface area contributed by atoms with Gasteiger partial charge in [0.15, 0.2) is 0 Å². The largest absolute Gasteiger partial charge is 0.388 e. The minimum Gasteiger partial charge on any atom is -0.388 e. The van der Waals surface area contributed by atoms with Crippen LogP contribution in [0.25, 0.3) is 0 Å². The van der Waals surface area contributed by atoms with Crippen molar-refractivity contribution in [2.45, 2.75) is 38.2 Å². The van der Waals surface area contributed by atoms with Crippen LogP contribution in [-0.4, -0.2) is 5.11 Å². The second-order valence-electron chi connectivity index (χ2n) is 4.90. The summed E-state index contributed by atoms with van der Waals surface area (Å²) in [6.07, 6.45) is 1.01. The first-order chi connectivity index (χ1) is 6.70. The van der Waals surface area contributed by atoms with Gasteiger partial charge in [-0.25, -0.2) is 0 Å². The quantitative estimate of drug-likeness (QED) is 0.663. The van der Waals surface area contributed by atoms with Crippen molar-refractivity contribution in [3.63, 3.8) is 0 Å². The van der Waals surface area contributed by atoms with Crippen LogP contribution in [0.5, 0.6) is 0 Å². The maximum atomic E-state index is 10.1. The summed E-state index contributed by atoms with van der Waals surface area (Å²) in [5.41, 5.74) is 4.15. The molecule has 0 aliphatic heterocycles. The van der Waals surface area contributed by atoms with Gasteiger partial charge in [-0.1, -0.05) is 32.0 Å². The number of benzene rings is 1. The van der Waals surface area contributed by atoms with Crippen LogP contribution in [0.2, 0.25) is 0 Å². The smallest absolute Gasteiger partial charge is 0.0824 e. The Morgan fingerprint density at radius 3 is 2.71 bits per heavy atom. The Morgan fingerprint density at radius 2 is 1.93 bits per heavy atom. The maximum absolute atomic E-state index is 10.1. The Hall–Kier alpha value is -0.820. The Bertz CT molecular complexity index is 383. The summed E-state index contributed by atoms with van der Waals surface area (Å²) < 4.78 is 0. The molecule has 0 fully saturated rings. The van der Waals surface area contributed by atoms with E-state index in [0.29, 0.717) is 17.8 Å². The minimum atomic E-state index is -0.220. The van der Waals surface area contributed by atoms with Crippen LogP contribution >= 0.6 is 0 Å². The number of aliphatic hydroxyl groups excluding tert-OH is 1. The maximum Gasteiger partial charge on any atom is 0.0824 e. The van der Waals surface area contributed by atoms with Gasteiger partial charge in [-0.3, -0.25) is 0 Å². The highest BCUT2D eigenvalue weighted by molar-refractivity contribution is 5.49. The van der Waals surface area contributed by atoms with Gasteiger partial charge in [0.05, 0.1) is 6.10 Å². The molecule has 3 rings (SSSR count). The fourth-order valence-electron chi connectivity index (χ4n) is 3.32. The number of hydrogen-bond donors (Lipinski definition) is 1. The average molecular weight is 188 g/mol. The van der Waals surface area contributed by atoms with Gasteiger partial charge in [-0.15, -0.1) is 0 Å². The van der Waals surface area contributed by atoms with E-state index >= 15 is 0 Å². The van der Waals surface area contributed by atoms with Crippen molar-refractivity contribution in [1.82, 2.24) is 0 Å². The third kappa shape index (κ3) is 0.838. The molecule has 1 aromatic carbocycles. The Kier molecular flexibility index (Phi) is 1.58. The molecule has 2 aliphatic rings. The van der Waals surface area contributed by atoms with Gasteiger partial charge in [-0.2, -0.15) is 0 Å². The van der Waals surface area contributed by atoms with E-state index in [9.17, 15) is 5.11 Å². The molecule has 0 bridgehead atoms. The number of aliphatic hydroxyl groups is 1. The van der Waals surface area contributed by atoms with Gasteiger partial charge >= 0.3 is 0 Å². The molecule has 1 N–H and O–H groups in total. The van der Waals surface area contributed by atoms with E-state index < -0.39 is 0 Å². The SMILES string of the molecule is CC1CC2c3c1cccc3C(O)C2C. The Balaban J connectivity index is 2.25. The molecule has 4 unspecified atom stereocenters. The zero-order valence-electron chi connectivity index (χ0n) is 8.70. The van der Waals surface area contributed by atoms with Crippen molar-refractivity contribution >= 4 is 0 Å². The summed E-state index contributed by atoms with van der Waals surface area (Å²) in [5.74, 6) is 1.71. The van der Waals surface area contributed by atoms with Crippen molar-refractivity contribution in [3.8, 4) is 0 Å². The molecular formula is C13H16O. The lowest BCUT2D eigenvalue weighted by molar-refractivity contribution is 0.119. The molecule has 0 radical (unpaired) electrons. The van der Waals surface area contributed by atoms with Crippen LogP contribution in [0.3, 0.4) is 0 Å². The van der Waals surface area contributed by atoms with E-state index in [0.717, 1.165) is 0 Å². The lowest BCUT2D eigenvalue weighted by Gasteiger charge is -2.16. The minimum absolute atomic E-state index is 0.220. The highest BCUT2D eigenvalue weighted by atomic mass is 16.3. The van der Waals surface area contributed by atoms with Crippen LogP contribution in [0.4, 0.5) is 0 Å². The summed E-state index contributed by atoms with van der Waals surface area (Å²) in [6, 6.07) is 6.42. The van der Waals surface area contributed by atoms with E-state index in [-0.39, 0.29) is 6.10 Å². The standard InChI is InChI=1S/C13H16O/c1-7-6-11-8(2)13(14)10-5-3-4-9(7)12(10)11/h3-5,7-8,11,13-14H,6H2,1-2H3. The zero-order valence-corrected chi connectivity index (χ0v) is 8.70. The van der Waals surface area contributed by atoms with Gasteiger partial charge < -0.3 is 5.11 Å². The lowest BCUT2D eigenvalue weighted by atomic mass is 9.92. The first kappa shape index (κ1) is 8.49. The van der Waals surface area contributed by atoms with Crippen molar-refractivity contribution in [2.75, 3.05) is 0 Å². The Morgan fingerprint density at radius 1 is 1.21 bits per heavy atom. The van der Waals surface area contributed by atoms with E-state index in [4.69, 9.17) is 0 Å². The topological polar surface area (TPSA) is 20.2 Å². The molecule has 0 amide bonds. The van der Waals surface area contributed by atoms with Crippen molar-refractivity contribution in [3.05, 3.63) is 34.9 Å². The molecule has 0 saturated heterocycles. The molecule has 4 atom stereocenters. The van der Waals surface area contributed by atoms with Gasteiger partial charge in [-0.05, 0) is 40.9 Å². The summed E-state index contributed by atoms with van der Waals surface area (Å²) in [7, 11) is 0. The molecular weight excluding hydrogens is 172 g/mol. The third-order valence-corrected chi connectivity index (χ3v) is 4.13. The number of hydrogen-bond acceptors (Lipinski definition) is 1. The first-order valence-electron chi connectivity index (χ1n) is 5.51. The lowest BCUT2D eigenvalue weighted by Crippen LogP contribution is -2.07. The van der Waals surface area contributed by atoms with E-state index in [2.05, 4.69) is 32.0 Å². The molecule has 0 saturated carbocycles. The molecule has 0 heterocycles. The first-order valence-corrected chi connectivity index (χ1v) is 5.51. The highest BCUT2D eigenvalue weighted by Gasteiger charge is 2.43. The highest BCUT2D eigenvalue weighted by Crippen LogP contribution is 2.55. The molecule has 74 valence electrons. The average Bonchev–Trinajstić information content (AvgIpc) is 2.64. The summed E-state index contributed by atoms with van der Waals surface area (Å²) in [6.45, 7) is 4.48.